The van der Waals surface area contributed by atoms with Crippen molar-refractivity contribution in [2.75, 3.05) is 27.4 Å². The number of fused-ring (bicyclic) bond motifs is 1. The highest BCUT2D eigenvalue weighted by atomic mass is 32.2. The van der Waals surface area contributed by atoms with Gasteiger partial charge in [0.15, 0.2) is 5.82 Å². The summed E-state index contributed by atoms with van der Waals surface area (Å²) in [6.07, 6.45) is 1.64. The number of ether oxygens (including phenoxy) is 3. The van der Waals surface area contributed by atoms with Crippen LogP contribution >= 0.6 is 0 Å². The van der Waals surface area contributed by atoms with E-state index in [0.29, 0.717) is 17.5 Å². The molecule has 0 amide bonds. The van der Waals surface area contributed by atoms with Crippen LogP contribution in [0, 0.1) is 13.8 Å². The van der Waals surface area contributed by atoms with Crippen molar-refractivity contribution in [1.82, 2.24) is 14.3 Å². The Bertz CT molecular complexity index is 1550. The monoisotopic (exact) mass is 559 g/mol. The molecule has 0 atom stereocenters. The van der Waals surface area contributed by atoms with Crippen LogP contribution in [0.3, 0.4) is 0 Å². The number of sulfonamides is 1. The minimum absolute atomic E-state index is 0.0232. The molecule has 1 N–H and O–H groups in total. The predicted octanol–water partition coefficient (Wildman–Crippen LogP) is 2.95. The van der Waals surface area contributed by atoms with E-state index in [2.05, 4.69) is 9.71 Å². The lowest BCUT2D eigenvalue weighted by Crippen LogP contribution is -2.29. The molecule has 0 aliphatic carbocycles. The fraction of sp³-hybridized carbons (Fsp3) is 0.407. The summed E-state index contributed by atoms with van der Waals surface area (Å²) < 4.78 is 44.7. The van der Waals surface area contributed by atoms with Crippen LogP contribution in [0.2, 0.25) is 0 Å². The number of rotatable bonds is 12. The standard InChI is InChI=1S/C27H33N3O8S/c1-6-7-12-23(31)38-16-22-29-19-15-17(2)24(27(33)37-14-13-36-5)18(3)25(19)26(32)30(22)20-10-8-9-11-21(20)39(34,35)28-4/h8-11,15,28H,6-7,12-14,16H2,1-5H3. The Morgan fingerprint density at radius 2 is 1.82 bits per heavy atom. The molecule has 0 aliphatic heterocycles. The van der Waals surface area contributed by atoms with Crippen molar-refractivity contribution >= 4 is 32.9 Å². The zero-order chi connectivity index (χ0) is 28.7. The number of hydrogen-bond donors (Lipinski definition) is 1. The Morgan fingerprint density at radius 3 is 2.49 bits per heavy atom. The summed E-state index contributed by atoms with van der Waals surface area (Å²) in [5.41, 5.74) is 0.749. The summed E-state index contributed by atoms with van der Waals surface area (Å²) in [4.78, 5) is 43.7. The van der Waals surface area contributed by atoms with Crippen molar-refractivity contribution < 1.29 is 32.2 Å². The van der Waals surface area contributed by atoms with E-state index < -0.39 is 27.5 Å². The van der Waals surface area contributed by atoms with Crippen LogP contribution in [0.4, 0.5) is 0 Å². The van der Waals surface area contributed by atoms with Gasteiger partial charge in [0.1, 0.15) is 18.1 Å². The van der Waals surface area contributed by atoms with E-state index in [4.69, 9.17) is 14.2 Å². The number of methoxy groups -OCH3 is 1. The number of nitrogens with one attached hydrogen (secondary N) is 1. The van der Waals surface area contributed by atoms with Gasteiger partial charge in [0.05, 0.1) is 28.8 Å². The quantitative estimate of drug-likeness (QED) is 0.262. The maximum Gasteiger partial charge on any atom is 0.338 e. The summed E-state index contributed by atoms with van der Waals surface area (Å²) in [6, 6.07) is 7.51. The number of carbonyl (C=O) groups excluding carboxylic acids is 2. The first kappa shape index (κ1) is 29.9. The molecule has 1 heterocycles. The largest absolute Gasteiger partial charge is 0.460 e. The number of benzene rings is 2. The second-order valence-corrected chi connectivity index (χ2v) is 10.7. The Kier molecular flexibility index (Phi) is 9.95. The number of nitrogens with zero attached hydrogens (tertiary/aromatic N) is 2. The number of unbranched alkanes of at least 4 members (excludes halogenated alkanes) is 1. The molecule has 0 fully saturated rings. The molecule has 11 nitrogen and oxygen atoms in total. The first-order chi connectivity index (χ1) is 18.6. The predicted molar refractivity (Wildman–Crippen MR) is 145 cm³/mol. The van der Waals surface area contributed by atoms with E-state index in [-0.39, 0.29) is 59.1 Å². The van der Waals surface area contributed by atoms with Crippen molar-refractivity contribution in [2.45, 2.75) is 51.5 Å². The van der Waals surface area contributed by atoms with Crippen LogP contribution in [-0.2, 0) is 35.6 Å². The maximum absolute atomic E-state index is 14.1. The van der Waals surface area contributed by atoms with Gasteiger partial charge in [0.2, 0.25) is 10.0 Å². The van der Waals surface area contributed by atoms with Gasteiger partial charge in [-0.2, -0.15) is 0 Å². The number of aryl methyl sites for hydroxylation is 2. The highest BCUT2D eigenvalue weighted by molar-refractivity contribution is 7.89. The summed E-state index contributed by atoms with van der Waals surface area (Å²) in [6.45, 7) is 5.14. The van der Waals surface area contributed by atoms with E-state index in [1.54, 1.807) is 26.0 Å². The molecular formula is C27H33N3O8S. The molecule has 39 heavy (non-hydrogen) atoms. The molecule has 3 rings (SSSR count). The van der Waals surface area contributed by atoms with Gasteiger partial charge in [-0.1, -0.05) is 25.5 Å². The molecule has 0 saturated carbocycles. The average Bonchev–Trinajstić information content (AvgIpc) is 2.90. The number of esters is 2. The Labute approximate surface area is 227 Å². The lowest BCUT2D eigenvalue weighted by atomic mass is 9.98. The lowest BCUT2D eigenvalue weighted by Gasteiger charge is -2.19. The average molecular weight is 560 g/mol. The molecule has 1 aromatic heterocycles. The topological polar surface area (TPSA) is 143 Å². The molecule has 0 radical (unpaired) electrons. The molecule has 0 aliphatic rings. The zero-order valence-electron chi connectivity index (χ0n) is 22.7. The minimum atomic E-state index is -3.99. The van der Waals surface area contributed by atoms with Crippen LogP contribution in [0.1, 0.15) is 53.5 Å². The van der Waals surface area contributed by atoms with Crippen molar-refractivity contribution in [3.8, 4) is 5.69 Å². The second kappa shape index (κ2) is 13.0. The van der Waals surface area contributed by atoms with E-state index in [9.17, 15) is 22.8 Å². The third kappa shape index (κ3) is 6.52. The number of para-hydroxylation sites is 1. The molecule has 0 saturated heterocycles. The minimum Gasteiger partial charge on any atom is -0.460 e. The molecule has 210 valence electrons. The highest BCUT2D eigenvalue weighted by Crippen LogP contribution is 2.26. The van der Waals surface area contributed by atoms with Crippen molar-refractivity contribution in [1.29, 1.82) is 0 Å². The normalized spacial score (nSPS) is 11.5. The van der Waals surface area contributed by atoms with E-state index >= 15 is 0 Å². The smallest absolute Gasteiger partial charge is 0.338 e. The third-order valence-electron chi connectivity index (χ3n) is 6.16. The van der Waals surface area contributed by atoms with Gasteiger partial charge in [-0.3, -0.25) is 14.2 Å². The highest BCUT2D eigenvalue weighted by Gasteiger charge is 2.25. The molecule has 0 unspecified atom stereocenters. The molecular weight excluding hydrogens is 526 g/mol. The van der Waals surface area contributed by atoms with Gasteiger partial charge in [0, 0.05) is 13.5 Å². The fourth-order valence-electron chi connectivity index (χ4n) is 4.21. The van der Waals surface area contributed by atoms with E-state index in [0.717, 1.165) is 11.0 Å². The number of carbonyl (C=O) groups is 2. The first-order valence-electron chi connectivity index (χ1n) is 12.5. The Balaban J connectivity index is 2.31. The van der Waals surface area contributed by atoms with Gasteiger partial charge >= 0.3 is 11.9 Å². The lowest BCUT2D eigenvalue weighted by molar-refractivity contribution is -0.145. The van der Waals surface area contributed by atoms with Crippen LogP contribution < -0.4 is 10.3 Å². The van der Waals surface area contributed by atoms with Gasteiger partial charge in [-0.25, -0.2) is 22.9 Å². The molecule has 0 bridgehead atoms. The summed E-state index contributed by atoms with van der Waals surface area (Å²) in [5.74, 6) is -1.05. The Hall–Kier alpha value is -3.61. The summed E-state index contributed by atoms with van der Waals surface area (Å²) >= 11 is 0. The first-order valence-corrected chi connectivity index (χ1v) is 14.0. The number of aromatic nitrogens is 2. The van der Waals surface area contributed by atoms with Gasteiger partial charge < -0.3 is 14.2 Å². The van der Waals surface area contributed by atoms with Crippen LogP contribution in [-0.4, -0.2) is 57.3 Å². The van der Waals surface area contributed by atoms with Crippen LogP contribution in [0.25, 0.3) is 16.6 Å². The van der Waals surface area contributed by atoms with Gasteiger partial charge in [-0.15, -0.1) is 0 Å². The molecule has 2 aromatic carbocycles. The summed E-state index contributed by atoms with van der Waals surface area (Å²) in [5, 5.41) is 0.108. The molecule has 3 aromatic rings. The number of hydrogen-bond acceptors (Lipinski definition) is 9. The zero-order valence-corrected chi connectivity index (χ0v) is 23.5. The SMILES string of the molecule is CCCCC(=O)OCc1nc2cc(C)c(C(=O)OCCOC)c(C)c2c(=O)n1-c1ccccc1S(=O)(=O)NC. The van der Waals surface area contributed by atoms with Crippen molar-refractivity contribution in [3.05, 3.63) is 63.2 Å². The van der Waals surface area contributed by atoms with Crippen molar-refractivity contribution in [3.63, 3.8) is 0 Å². The van der Waals surface area contributed by atoms with Gasteiger partial charge in [0.25, 0.3) is 5.56 Å². The summed E-state index contributed by atoms with van der Waals surface area (Å²) in [7, 11) is -1.24. The second-order valence-electron chi connectivity index (χ2n) is 8.82. The third-order valence-corrected chi connectivity index (χ3v) is 7.63. The van der Waals surface area contributed by atoms with Crippen LogP contribution in [0.5, 0.6) is 0 Å². The van der Waals surface area contributed by atoms with E-state index in [1.165, 1.54) is 32.4 Å². The fourth-order valence-corrected chi connectivity index (χ4v) is 5.12. The van der Waals surface area contributed by atoms with Crippen LogP contribution in [0.15, 0.2) is 40.0 Å². The molecule has 0 spiro atoms. The Morgan fingerprint density at radius 1 is 1.10 bits per heavy atom. The van der Waals surface area contributed by atoms with Gasteiger partial charge in [-0.05, 0) is 56.6 Å². The maximum atomic E-state index is 14.1. The van der Waals surface area contributed by atoms with E-state index in [1.807, 2.05) is 6.92 Å². The molecule has 12 heteroatoms. The van der Waals surface area contributed by atoms with Crippen molar-refractivity contribution in [2.24, 2.45) is 0 Å².